The summed E-state index contributed by atoms with van der Waals surface area (Å²) in [6, 6.07) is 22.1. The van der Waals surface area contributed by atoms with Crippen LogP contribution in [0.3, 0.4) is 0 Å². The molecule has 196 valence electrons. The fourth-order valence-electron chi connectivity index (χ4n) is 3.91. The zero-order valence-corrected chi connectivity index (χ0v) is 22.8. The maximum atomic E-state index is 13.4. The standard InChI is InChI=1S/C28H21FN4O3S3/c29-19-10-12-20(13-11-19)30-24(34)17-38-27-31-21-8-4-5-9-22(21)33(27)25(35)14-15-32-26(36)23(39-28(32)37)16-18-6-2-1-3-7-18/h1-13,16H,14-15,17H2,(H,30,34). The lowest BCUT2D eigenvalue weighted by Gasteiger charge is -2.14. The molecule has 39 heavy (non-hydrogen) atoms. The normalized spacial score (nSPS) is 14.4. The number of aromatic nitrogens is 2. The molecule has 0 unspecified atom stereocenters. The lowest BCUT2D eigenvalue weighted by molar-refractivity contribution is -0.122. The van der Waals surface area contributed by atoms with Crippen LogP contribution in [0, 0.1) is 5.82 Å². The predicted octanol–water partition coefficient (Wildman–Crippen LogP) is 5.84. The Hall–Kier alpha value is -3.80. The van der Waals surface area contributed by atoms with Gasteiger partial charge in [-0.15, -0.1) is 0 Å². The van der Waals surface area contributed by atoms with Crippen LogP contribution in [0.1, 0.15) is 16.8 Å². The summed E-state index contributed by atoms with van der Waals surface area (Å²) in [7, 11) is 0. The summed E-state index contributed by atoms with van der Waals surface area (Å²) in [6.45, 7) is 0.122. The van der Waals surface area contributed by atoms with Crippen molar-refractivity contribution in [1.82, 2.24) is 14.5 Å². The topological polar surface area (TPSA) is 84.3 Å². The van der Waals surface area contributed by atoms with Gasteiger partial charge in [0.2, 0.25) is 11.8 Å². The number of carbonyl (C=O) groups excluding carboxylic acids is 3. The molecule has 2 amide bonds. The molecule has 1 saturated heterocycles. The molecule has 4 aromatic rings. The lowest BCUT2D eigenvalue weighted by Crippen LogP contribution is -2.31. The molecule has 11 heteroatoms. The van der Waals surface area contributed by atoms with E-state index >= 15 is 0 Å². The quantitative estimate of drug-likeness (QED) is 0.160. The van der Waals surface area contributed by atoms with E-state index in [-0.39, 0.29) is 36.4 Å². The Morgan fingerprint density at radius 3 is 2.51 bits per heavy atom. The van der Waals surface area contributed by atoms with E-state index in [4.69, 9.17) is 12.2 Å². The van der Waals surface area contributed by atoms with Crippen molar-refractivity contribution in [1.29, 1.82) is 0 Å². The summed E-state index contributed by atoms with van der Waals surface area (Å²) in [5, 5.41) is 3.07. The first-order chi connectivity index (χ1) is 18.9. The number of benzene rings is 3. The van der Waals surface area contributed by atoms with Crippen LogP contribution in [0.4, 0.5) is 10.1 Å². The molecule has 0 saturated carbocycles. The van der Waals surface area contributed by atoms with Crippen molar-refractivity contribution in [2.75, 3.05) is 17.6 Å². The van der Waals surface area contributed by atoms with Crippen molar-refractivity contribution in [3.8, 4) is 0 Å². The van der Waals surface area contributed by atoms with Crippen LogP contribution in [-0.2, 0) is 9.59 Å². The molecule has 2 heterocycles. The zero-order valence-electron chi connectivity index (χ0n) is 20.4. The van der Waals surface area contributed by atoms with Gasteiger partial charge in [-0.05, 0) is 48.0 Å². The number of anilines is 1. The van der Waals surface area contributed by atoms with Gasteiger partial charge in [0, 0.05) is 18.7 Å². The molecule has 0 spiro atoms. The highest BCUT2D eigenvalue weighted by Crippen LogP contribution is 2.33. The molecule has 1 aliphatic rings. The molecule has 0 aliphatic carbocycles. The molecule has 0 bridgehead atoms. The van der Waals surface area contributed by atoms with E-state index in [1.807, 2.05) is 36.4 Å². The number of thioether (sulfide) groups is 2. The van der Waals surface area contributed by atoms with Crippen LogP contribution in [0.5, 0.6) is 0 Å². The van der Waals surface area contributed by atoms with Gasteiger partial charge in [-0.1, -0.05) is 78.2 Å². The van der Waals surface area contributed by atoms with Gasteiger partial charge in [0.05, 0.1) is 21.7 Å². The Balaban J connectivity index is 1.28. The summed E-state index contributed by atoms with van der Waals surface area (Å²) in [4.78, 5) is 45.4. The Bertz CT molecular complexity index is 1600. The van der Waals surface area contributed by atoms with E-state index < -0.39 is 5.82 Å². The summed E-state index contributed by atoms with van der Waals surface area (Å²) in [5.74, 6) is -1.23. The largest absolute Gasteiger partial charge is 0.325 e. The van der Waals surface area contributed by atoms with Crippen LogP contribution in [0.15, 0.2) is 88.9 Å². The van der Waals surface area contributed by atoms with Gasteiger partial charge in [0.1, 0.15) is 10.1 Å². The van der Waals surface area contributed by atoms with Gasteiger partial charge >= 0.3 is 0 Å². The number of hydrogen-bond donors (Lipinski definition) is 1. The molecule has 0 radical (unpaired) electrons. The number of nitrogens with one attached hydrogen (secondary N) is 1. The molecule has 1 aromatic heterocycles. The van der Waals surface area contributed by atoms with E-state index in [1.165, 1.54) is 45.5 Å². The number of hydrogen-bond acceptors (Lipinski definition) is 7. The van der Waals surface area contributed by atoms with Gasteiger partial charge in [-0.2, -0.15) is 0 Å². The second-order valence-electron chi connectivity index (χ2n) is 8.45. The third-order valence-electron chi connectivity index (χ3n) is 5.76. The minimum absolute atomic E-state index is 0.00699. The molecule has 0 atom stereocenters. The molecular weight excluding hydrogens is 556 g/mol. The number of amides is 2. The van der Waals surface area contributed by atoms with Crippen LogP contribution in [0.25, 0.3) is 17.1 Å². The fraction of sp³-hybridized carbons (Fsp3) is 0.107. The highest BCUT2D eigenvalue weighted by molar-refractivity contribution is 8.26. The van der Waals surface area contributed by atoms with Crippen molar-refractivity contribution in [2.45, 2.75) is 11.6 Å². The van der Waals surface area contributed by atoms with Crippen molar-refractivity contribution >= 4 is 80.6 Å². The van der Waals surface area contributed by atoms with Crippen LogP contribution in [0.2, 0.25) is 0 Å². The molecule has 5 rings (SSSR count). The summed E-state index contributed by atoms with van der Waals surface area (Å²) in [6.07, 6.45) is 1.80. The Labute approximate surface area is 237 Å². The predicted molar refractivity (Wildman–Crippen MR) is 157 cm³/mol. The maximum Gasteiger partial charge on any atom is 0.266 e. The molecule has 3 aromatic carbocycles. The molecule has 7 nitrogen and oxygen atoms in total. The lowest BCUT2D eigenvalue weighted by atomic mass is 10.2. The summed E-state index contributed by atoms with van der Waals surface area (Å²) >= 11 is 7.76. The number of fused-ring (bicyclic) bond motifs is 1. The smallest absolute Gasteiger partial charge is 0.266 e. The van der Waals surface area contributed by atoms with Gasteiger partial charge in [0.25, 0.3) is 5.91 Å². The summed E-state index contributed by atoms with van der Waals surface area (Å²) < 4.78 is 15.0. The minimum Gasteiger partial charge on any atom is -0.325 e. The highest BCUT2D eigenvalue weighted by Gasteiger charge is 2.32. The second-order valence-corrected chi connectivity index (χ2v) is 11.1. The average Bonchev–Trinajstić information content (AvgIpc) is 3.44. The fourth-order valence-corrected chi connectivity index (χ4v) is 6.05. The van der Waals surface area contributed by atoms with Gasteiger partial charge in [-0.3, -0.25) is 23.9 Å². The summed E-state index contributed by atoms with van der Waals surface area (Å²) in [5.41, 5.74) is 2.59. The maximum absolute atomic E-state index is 13.4. The van der Waals surface area contributed by atoms with Crippen molar-refractivity contribution < 1.29 is 18.8 Å². The third-order valence-corrected chi connectivity index (χ3v) is 8.08. The zero-order chi connectivity index (χ0) is 27.4. The number of thiocarbonyl (C=S) groups is 1. The van der Waals surface area contributed by atoms with Crippen LogP contribution >= 0.6 is 35.7 Å². The van der Waals surface area contributed by atoms with Gasteiger partial charge in [-0.25, -0.2) is 9.37 Å². The molecule has 1 aliphatic heterocycles. The number of halogens is 1. The minimum atomic E-state index is -0.395. The van der Waals surface area contributed by atoms with Gasteiger partial charge < -0.3 is 5.32 Å². The van der Waals surface area contributed by atoms with E-state index in [0.717, 1.165) is 17.3 Å². The Kier molecular flexibility index (Phi) is 8.20. The first kappa shape index (κ1) is 26.8. The first-order valence-corrected chi connectivity index (χ1v) is 14.1. The van der Waals surface area contributed by atoms with Crippen LogP contribution in [-0.4, -0.2) is 48.8 Å². The van der Waals surface area contributed by atoms with Crippen molar-refractivity contribution in [3.05, 3.63) is 95.1 Å². The molecular formula is C28H21FN4O3S3. The van der Waals surface area contributed by atoms with E-state index in [9.17, 15) is 18.8 Å². The van der Waals surface area contributed by atoms with Crippen molar-refractivity contribution in [2.24, 2.45) is 0 Å². The molecule has 1 fully saturated rings. The third kappa shape index (κ3) is 6.27. The Morgan fingerprint density at radius 1 is 1.03 bits per heavy atom. The van der Waals surface area contributed by atoms with Crippen LogP contribution < -0.4 is 5.32 Å². The molecule has 1 N–H and O–H groups in total. The second kappa shape index (κ2) is 11.9. The van der Waals surface area contributed by atoms with E-state index in [0.29, 0.717) is 31.1 Å². The average molecular weight is 577 g/mol. The monoisotopic (exact) mass is 576 g/mol. The number of carbonyl (C=O) groups is 3. The number of nitrogens with zero attached hydrogens (tertiary/aromatic N) is 3. The Morgan fingerprint density at radius 2 is 1.74 bits per heavy atom. The number of rotatable bonds is 8. The SMILES string of the molecule is O=C(CSc1nc2ccccc2n1C(=O)CCN1C(=O)C(=Cc2ccccc2)SC1=S)Nc1ccc(F)cc1. The van der Waals surface area contributed by atoms with Gasteiger partial charge in [0.15, 0.2) is 5.16 Å². The van der Waals surface area contributed by atoms with E-state index in [2.05, 4.69) is 10.3 Å². The van der Waals surface area contributed by atoms with Crippen molar-refractivity contribution in [3.63, 3.8) is 0 Å². The highest BCUT2D eigenvalue weighted by atomic mass is 32.2. The first-order valence-electron chi connectivity index (χ1n) is 11.9. The van der Waals surface area contributed by atoms with E-state index in [1.54, 1.807) is 24.3 Å². The number of para-hydroxylation sites is 2. The number of imidazole rings is 1.